The fourth-order valence-corrected chi connectivity index (χ4v) is 4.70. The molecule has 220 valence electrons. The number of carbonyl (C=O) groups excluding carboxylic acids is 2. The molecule has 3 aromatic rings. The number of hydrogen-bond acceptors (Lipinski definition) is 12. The van der Waals surface area contributed by atoms with Gasteiger partial charge in [-0.2, -0.15) is 0 Å². The molecule has 0 aromatic heterocycles. The van der Waals surface area contributed by atoms with Crippen LogP contribution in [0.1, 0.15) is 34.0 Å². The molecule has 3 aromatic carbocycles. The van der Waals surface area contributed by atoms with Crippen LogP contribution in [0, 0.1) is 0 Å². The lowest BCUT2D eigenvalue weighted by Gasteiger charge is -2.41. The van der Waals surface area contributed by atoms with E-state index < -0.39 is 55.1 Å². The smallest absolute Gasteiger partial charge is 0.331 e. The number of ether oxygens (including phenoxy) is 4. The number of benzene rings is 3. The molecular weight excluding hydrogens is 552 g/mol. The number of phenols is 3. The Balaban J connectivity index is 1.33. The monoisotopic (exact) mass is 580 g/mol. The second kappa shape index (κ2) is 12.1. The summed E-state index contributed by atoms with van der Waals surface area (Å²) < 4.78 is 22.5. The van der Waals surface area contributed by atoms with E-state index in [1.807, 2.05) is 0 Å². The van der Waals surface area contributed by atoms with Crippen LogP contribution in [-0.2, 0) is 14.3 Å². The van der Waals surface area contributed by atoms with Gasteiger partial charge in [-0.1, -0.05) is 24.3 Å². The van der Waals surface area contributed by atoms with Gasteiger partial charge < -0.3 is 49.6 Å². The Kier molecular flexibility index (Phi) is 8.31. The van der Waals surface area contributed by atoms with Crippen molar-refractivity contribution >= 4 is 17.8 Å². The zero-order chi connectivity index (χ0) is 30.0. The summed E-state index contributed by atoms with van der Waals surface area (Å²) >= 11 is 0. The molecule has 2 heterocycles. The Bertz CT molecular complexity index is 1470. The van der Waals surface area contributed by atoms with Crippen LogP contribution in [0.3, 0.4) is 0 Å². The average molecular weight is 581 g/mol. The third-order valence-electron chi connectivity index (χ3n) is 6.87. The van der Waals surface area contributed by atoms with Gasteiger partial charge in [0, 0.05) is 18.2 Å². The lowest BCUT2D eigenvalue weighted by molar-refractivity contribution is -0.280. The fraction of sp³-hybridized carbons (Fsp3) is 0.267. The highest BCUT2D eigenvalue weighted by Gasteiger charge is 2.48. The number of esters is 1. The Morgan fingerprint density at radius 1 is 0.952 bits per heavy atom. The SMILES string of the molecule is O=C(/C=C/c1ccc(O)cc1)OC1C(O)C(CO)OC(Oc2cc(O)c3c(c2)OC(c2ccc(O)cc2)CC3=O)C1O. The van der Waals surface area contributed by atoms with Crippen molar-refractivity contribution in [3.63, 3.8) is 0 Å². The number of phenolic OH excluding ortho intramolecular Hbond substituents is 3. The standard InChI is InChI=1S/C30H28O12/c31-14-24-27(37)29(42-25(36)10-3-15-1-6-17(32)7-2-15)28(38)30(41-24)39-19-11-20(34)26-21(35)13-22(40-23(26)12-19)16-4-8-18(33)9-5-16/h1-12,22,24,27-34,37-38H,13-14H2/b10-3+. The fourth-order valence-electron chi connectivity index (χ4n) is 4.70. The molecule has 2 aliphatic rings. The van der Waals surface area contributed by atoms with Crippen LogP contribution < -0.4 is 9.47 Å². The van der Waals surface area contributed by atoms with Crippen molar-refractivity contribution in [1.29, 1.82) is 0 Å². The summed E-state index contributed by atoms with van der Waals surface area (Å²) in [6.07, 6.45) is -6.09. The lowest BCUT2D eigenvalue weighted by atomic mass is 9.95. The van der Waals surface area contributed by atoms with Gasteiger partial charge in [-0.25, -0.2) is 4.79 Å². The Morgan fingerprint density at radius 2 is 1.62 bits per heavy atom. The summed E-state index contributed by atoms with van der Waals surface area (Å²) in [6, 6.07) is 14.5. The molecule has 0 bridgehead atoms. The minimum absolute atomic E-state index is 0.00529. The highest BCUT2D eigenvalue weighted by atomic mass is 16.7. The minimum atomic E-state index is -1.74. The van der Waals surface area contributed by atoms with Gasteiger partial charge in [0.1, 0.15) is 52.6 Å². The third-order valence-corrected chi connectivity index (χ3v) is 6.87. The second-order valence-corrected chi connectivity index (χ2v) is 9.79. The van der Waals surface area contributed by atoms with Crippen molar-refractivity contribution in [3.05, 3.63) is 83.4 Å². The molecule has 42 heavy (non-hydrogen) atoms. The van der Waals surface area contributed by atoms with Gasteiger partial charge >= 0.3 is 5.97 Å². The number of rotatable bonds is 7. The molecule has 0 radical (unpaired) electrons. The molecule has 6 unspecified atom stereocenters. The maximum Gasteiger partial charge on any atom is 0.331 e. The summed E-state index contributed by atoms with van der Waals surface area (Å²) in [5.41, 5.74) is 1.14. The van der Waals surface area contributed by atoms with Gasteiger partial charge in [0.25, 0.3) is 0 Å². The Labute approximate surface area is 239 Å². The normalized spacial score (nSPS) is 25.5. The topological polar surface area (TPSA) is 192 Å². The summed E-state index contributed by atoms with van der Waals surface area (Å²) in [5, 5.41) is 60.8. The number of carbonyl (C=O) groups is 2. The molecule has 2 aliphatic heterocycles. The van der Waals surface area contributed by atoms with Gasteiger partial charge in [-0.3, -0.25) is 4.79 Å². The van der Waals surface area contributed by atoms with Gasteiger partial charge in [0.2, 0.25) is 6.29 Å². The largest absolute Gasteiger partial charge is 0.508 e. The average Bonchev–Trinajstić information content (AvgIpc) is 2.96. The number of aromatic hydroxyl groups is 3. The molecule has 5 rings (SSSR count). The maximum atomic E-state index is 12.8. The van der Waals surface area contributed by atoms with E-state index in [0.29, 0.717) is 11.1 Å². The first-order chi connectivity index (χ1) is 20.1. The van der Waals surface area contributed by atoms with Gasteiger partial charge in [0.05, 0.1) is 13.0 Å². The first-order valence-electron chi connectivity index (χ1n) is 13.0. The number of aliphatic hydroxyl groups is 3. The lowest BCUT2D eigenvalue weighted by Crippen LogP contribution is -2.61. The number of aliphatic hydroxyl groups excluding tert-OH is 3. The molecule has 0 amide bonds. The van der Waals surface area contributed by atoms with Crippen molar-refractivity contribution in [3.8, 4) is 28.7 Å². The van der Waals surface area contributed by atoms with E-state index in [9.17, 15) is 40.2 Å². The van der Waals surface area contributed by atoms with Crippen LogP contribution in [0.4, 0.5) is 0 Å². The number of ketones is 1. The van der Waals surface area contributed by atoms with E-state index in [1.54, 1.807) is 24.3 Å². The number of Topliss-reactive ketones (excluding diaryl/α,β-unsaturated/α-hetero) is 1. The summed E-state index contributed by atoms with van der Waals surface area (Å²) in [6.45, 7) is -0.702. The molecule has 1 fully saturated rings. The number of hydrogen-bond donors (Lipinski definition) is 6. The highest BCUT2D eigenvalue weighted by Crippen LogP contribution is 2.42. The van der Waals surface area contributed by atoms with Gasteiger partial charge in [-0.15, -0.1) is 0 Å². The molecule has 0 saturated carbocycles. The first kappa shape index (κ1) is 28.9. The van der Waals surface area contributed by atoms with Gasteiger partial charge in [-0.05, 0) is 41.5 Å². The molecule has 12 heteroatoms. The zero-order valence-electron chi connectivity index (χ0n) is 21.9. The van der Waals surface area contributed by atoms with E-state index >= 15 is 0 Å². The van der Waals surface area contributed by atoms with E-state index in [4.69, 9.17) is 18.9 Å². The van der Waals surface area contributed by atoms with Crippen molar-refractivity contribution in [1.82, 2.24) is 0 Å². The summed E-state index contributed by atoms with van der Waals surface area (Å²) in [5.74, 6) is -1.73. The molecule has 6 N–H and O–H groups in total. The highest BCUT2D eigenvalue weighted by molar-refractivity contribution is 6.02. The number of fused-ring (bicyclic) bond motifs is 1. The molecule has 0 aliphatic carbocycles. The quantitative estimate of drug-likeness (QED) is 0.176. The molecular formula is C30H28O12. The molecule has 6 atom stereocenters. The molecule has 0 spiro atoms. The van der Waals surface area contributed by atoms with Crippen molar-refractivity contribution in [2.24, 2.45) is 0 Å². The van der Waals surface area contributed by atoms with E-state index in [0.717, 1.165) is 12.1 Å². The summed E-state index contributed by atoms with van der Waals surface area (Å²) in [4.78, 5) is 25.3. The predicted octanol–water partition coefficient (Wildman–Crippen LogP) is 1.95. The first-order valence-corrected chi connectivity index (χ1v) is 13.0. The maximum absolute atomic E-state index is 12.8. The zero-order valence-corrected chi connectivity index (χ0v) is 21.9. The van der Waals surface area contributed by atoms with Crippen molar-refractivity contribution in [2.75, 3.05) is 6.61 Å². The van der Waals surface area contributed by atoms with E-state index in [2.05, 4.69) is 0 Å². The van der Waals surface area contributed by atoms with E-state index in [1.165, 1.54) is 36.4 Å². The van der Waals surface area contributed by atoms with Crippen LogP contribution in [0.5, 0.6) is 28.7 Å². The third kappa shape index (κ3) is 6.16. The second-order valence-electron chi connectivity index (χ2n) is 9.79. The van der Waals surface area contributed by atoms with Crippen molar-refractivity contribution in [2.45, 2.75) is 43.2 Å². The summed E-state index contributed by atoms with van der Waals surface area (Å²) in [7, 11) is 0. The molecule has 12 nitrogen and oxygen atoms in total. The van der Waals surface area contributed by atoms with Crippen LogP contribution in [-0.4, -0.2) is 79.7 Å². The Morgan fingerprint density at radius 3 is 2.29 bits per heavy atom. The Hall–Kier alpha value is -4.62. The van der Waals surface area contributed by atoms with Crippen LogP contribution >= 0.6 is 0 Å². The van der Waals surface area contributed by atoms with Crippen LogP contribution in [0.2, 0.25) is 0 Å². The minimum Gasteiger partial charge on any atom is -0.508 e. The molecule has 1 saturated heterocycles. The predicted molar refractivity (Wildman–Crippen MR) is 144 cm³/mol. The van der Waals surface area contributed by atoms with E-state index in [-0.39, 0.29) is 40.8 Å². The van der Waals surface area contributed by atoms with Crippen LogP contribution in [0.15, 0.2) is 66.7 Å². The van der Waals surface area contributed by atoms with Crippen LogP contribution in [0.25, 0.3) is 6.08 Å². The van der Waals surface area contributed by atoms with Crippen molar-refractivity contribution < 1.29 is 59.2 Å². The van der Waals surface area contributed by atoms with Gasteiger partial charge in [0.15, 0.2) is 18.0 Å².